The van der Waals surface area contributed by atoms with Crippen LogP contribution in [0.4, 0.5) is 5.69 Å². The van der Waals surface area contributed by atoms with Gasteiger partial charge in [-0.05, 0) is 76.4 Å². The molecule has 7 rings (SSSR count). The van der Waals surface area contributed by atoms with Gasteiger partial charge in [0.15, 0.2) is 0 Å². The van der Waals surface area contributed by atoms with Crippen LogP contribution in [-0.4, -0.2) is 7.05 Å². The van der Waals surface area contributed by atoms with Crippen LogP contribution in [0.3, 0.4) is 0 Å². The molecule has 3 aliphatic rings. The lowest BCUT2D eigenvalue weighted by Crippen LogP contribution is -2.17. The molecule has 0 saturated heterocycles. The first-order valence-corrected chi connectivity index (χ1v) is 12.1. The minimum absolute atomic E-state index is 0.344. The highest BCUT2D eigenvalue weighted by atomic mass is 15.2. The molecule has 0 aromatic heterocycles. The van der Waals surface area contributed by atoms with Gasteiger partial charge in [-0.25, -0.2) is 0 Å². The number of benzene rings is 4. The van der Waals surface area contributed by atoms with E-state index in [4.69, 9.17) is 0 Å². The Hall–Kier alpha value is -3.58. The van der Waals surface area contributed by atoms with Crippen molar-refractivity contribution in [2.24, 2.45) is 0 Å². The lowest BCUT2D eigenvalue weighted by atomic mass is 9.88. The van der Waals surface area contributed by atoms with Crippen molar-refractivity contribution in [3.05, 3.63) is 124 Å². The second-order valence-electron chi connectivity index (χ2n) is 9.78. The smallest absolute Gasteiger partial charge is 0.0808 e. The Morgan fingerprint density at radius 3 is 1.97 bits per heavy atom. The first-order chi connectivity index (χ1) is 16.2. The van der Waals surface area contributed by atoms with E-state index >= 15 is 0 Å². The molecule has 33 heavy (non-hydrogen) atoms. The van der Waals surface area contributed by atoms with E-state index in [9.17, 15) is 0 Å². The van der Waals surface area contributed by atoms with E-state index in [1.54, 1.807) is 5.57 Å². The van der Waals surface area contributed by atoms with E-state index in [0.717, 1.165) is 12.8 Å². The molecule has 1 aliphatic heterocycles. The average Bonchev–Trinajstić information content (AvgIpc) is 3.45. The maximum absolute atomic E-state index is 2.48. The first-order valence-electron chi connectivity index (χ1n) is 12.1. The standard InChI is InChI=1S/C32H27N/c1-20-15-18-30-29(19-20)31-27(25-13-7-8-14-28(25)32(31)33(30)2)17-16-26-23-11-5-3-9-21(23)22-10-4-6-12-24(22)26/h3-15,18-19,26,32H,16-17H2,1-2H3. The summed E-state index contributed by atoms with van der Waals surface area (Å²) in [6, 6.07) is 34.4. The Kier molecular flexibility index (Phi) is 3.99. The van der Waals surface area contributed by atoms with Gasteiger partial charge in [-0.2, -0.15) is 0 Å². The van der Waals surface area contributed by atoms with E-state index in [1.807, 2.05) is 0 Å². The third kappa shape index (κ3) is 2.60. The van der Waals surface area contributed by atoms with Crippen molar-refractivity contribution in [2.45, 2.75) is 31.7 Å². The van der Waals surface area contributed by atoms with Gasteiger partial charge in [0.25, 0.3) is 0 Å². The van der Waals surface area contributed by atoms with E-state index < -0.39 is 0 Å². The molecule has 160 valence electrons. The average molecular weight is 426 g/mol. The second kappa shape index (κ2) is 6.96. The molecule has 1 unspecified atom stereocenters. The zero-order chi connectivity index (χ0) is 22.1. The number of anilines is 1. The molecular formula is C32H27N. The number of fused-ring (bicyclic) bond motifs is 8. The zero-order valence-corrected chi connectivity index (χ0v) is 19.2. The van der Waals surface area contributed by atoms with Crippen LogP contribution in [0.2, 0.25) is 0 Å². The third-order valence-corrected chi connectivity index (χ3v) is 8.03. The molecule has 1 atom stereocenters. The second-order valence-corrected chi connectivity index (χ2v) is 9.78. The monoisotopic (exact) mass is 425 g/mol. The van der Waals surface area contributed by atoms with Crippen molar-refractivity contribution in [2.75, 3.05) is 11.9 Å². The molecule has 0 amide bonds. The lowest BCUT2D eigenvalue weighted by molar-refractivity contribution is 0.752. The molecule has 2 aliphatic carbocycles. The van der Waals surface area contributed by atoms with E-state index in [2.05, 4.69) is 110 Å². The molecule has 0 radical (unpaired) electrons. The maximum Gasteiger partial charge on any atom is 0.0808 e. The molecule has 0 N–H and O–H groups in total. The Bertz CT molecular complexity index is 1410. The Labute approximate surface area is 196 Å². The van der Waals surface area contributed by atoms with E-state index in [1.165, 1.54) is 55.8 Å². The van der Waals surface area contributed by atoms with Crippen molar-refractivity contribution in [3.8, 4) is 11.1 Å². The highest BCUT2D eigenvalue weighted by Gasteiger charge is 2.41. The van der Waals surface area contributed by atoms with Gasteiger partial charge in [0.1, 0.15) is 0 Å². The van der Waals surface area contributed by atoms with Crippen LogP contribution < -0.4 is 4.90 Å². The Morgan fingerprint density at radius 2 is 1.27 bits per heavy atom. The Balaban J connectivity index is 1.34. The SMILES string of the molecule is Cc1ccc2c(c1)C1=C(CCC3c4ccccc4-c4ccccc43)c3ccccc3C1N2C. The van der Waals surface area contributed by atoms with Gasteiger partial charge in [-0.15, -0.1) is 0 Å². The van der Waals surface area contributed by atoms with Gasteiger partial charge in [0.05, 0.1) is 6.04 Å². The van der Waals surface area contributed by atoms with Gasteiger partial charge in [-0.1, -0.05) is 84.4 Å². The zero-order valence-electron chi connectivity index (χ0n) is 19.2. The molecule has 1 heteroatoms. The summed E-state index contributed by atoms with van der Waals surface area (Å²) < 4.78 is 0. The number of rotatable bonds is 3. The molecule has 0 spiro atoms. The van der Waals surface area contributed by atoms with Crippen LogP contribution in [0.5, 0.6) is 0 Å². The van der Waals surface area contributed by atoms with E-state index in [-0.39, 0.29) is 0 Å². The summed E-state index contributed by atoms with van der Waals surface area (Å²) in [5, 5.41) is 0. The molecule has 4 aromatic rings. The van der Waals surface area contributed by atoms with Crippen molar-refractivity contribution < 1.29 is 0 Å². The fraction of sp³-hybridized carbons (Fsp3) is 0.188. The summed E-state index contributed by atoms with van der Waals surface area (Å²) in [5.41, 5.74) is 16.0. The van der Waals surface area contributed by atoms with Crippen LogP contribution in [-0.2, 0) is 0 Å². The molecule has 0 saturated carbocycles. The van der Waals surface area contributed by atoms with Crippen LogP contribution >= 0.6 is 0 Å². The molecule has 1 nitrogen and oxygen atoms in total. The fourth-order valence-corrected chi connectivity index (χ4v) is 6.63. The van der Waals surface area contributed by atoms with Crippen LogP contribution in [0.15, 0.2) is 91.0 Å². The topological polar surface area (TPSA) is 3.24 Å². The predicted molar refractivity (Wildman–Crippen MR) is 139 cm³/mol. The van der Waals surface area contributed by atoms with Crippen molar-refractivity contribution in [1.29, 1.82) is 0 Å². The number of allylic oxidation sites excluding steroid dienone is 1. The quantitative estimate of drug-likeness (QED) is 0.321. The van der Waals surface area contributed by atoms with Crippen LogP contribution in [0.1, 0.15) is 58.2 Å². The summed E-state index contributed by atoms with van der Waals surface area (Å²) in [4.78, 5) is 2.48. The molecule has 0 bridgehead atoms. The Morgan fingerprint density at radius 1 is 0.667 bits per heavy atom. The van der Waals surface area contributed by atoms with Gasteiger partial charge in [0.2, 0.25) is 0 Å². The highest BCUT2D eigenvalue weighted by Crippen LogP contribution is 2.58. The molecular weight excluding hydrogens is 398 g/mol. The highest BCUT2D eigenvalue weighted by molar-refractivity contribution is 6.06. The molecule has 1 heterocycles. The van der Waals surface area contributed by atoms with Crippen molar-refractivity contribution in [1.82, 2.24) is 0 Å². The number of nitrogens with zero attached hydrogens (tertiary/aromatic N) is 1. The van der Waals surface area contributed by atoms with Crippen molar-refractivity contribution in [3.63, 3.8) is 0 Å². The van der Waals surface area contributed by atoms with Gasteiger partial charge in [-0.3, -0.25) is 0 Å². The van der Waals surface area contributed by atoms with Crippen molar-refractivity contribution >= 4 is 16.8 Å². The minimum Gasteiger partial charge on any atom is -0.363 e. The van der Waals surface area contributed by atoms with Gasteiger partial charge < -0.3 is 4.90 Å². The van der Waals surface area contributed by atoms with Gasteiger partial charge >= 0.3 is 0 Å². The molecule has 0 fully saturated rings. The lowest BCUT2D eigenvalue weighted by Gasteiger charge is -2.22. The molecule has 4 aromatic carbocycles. The number of hydrogen-bond donors (Lipinski definition) is 0. The summed E-state index contributed by atoms with van der Waals surface area (Å²) in [5.74, 6) is 0.466. The van der Waals surface area contributed by atoms with Crippen LogP contribution in [0.25, 0.3) is 22.3 Å². The van der Waals surface area contributed by atoms with Crippen LogP contribution in [0, 0.1) is 6.92 Å². The number of aryl methyl sites for hydroxylation is 1. The largest absolute Gasteiger partial charge is 0.363 e. The van der Waals surface area contributed by atoms with E-state index in [0.29, 0.717) is 12.0 Å². The minimum atomic E-state index is 0.344. The predicted octanol–water partition coefficient (Wildman–Crippen LogP) is 8.00. The summed E-state index contributed by atoms with van der Waals surface area (Å²) in [6.45, 7) is 2.21. The third-order valence-electron chi connectivity index (χ3n) is 8.03. The number of likely N-dealkylation sites (N-methyl/N-ethyl adjacent to an activating group) is 1. The first kappa shape index (κ1) is 18.9. The summed E-state index contributed by atoms with van der Waals surface area (Å²) >= 11 is 0. The fourth-order valence-electron chi connectivity index (χ4n) is 6.63. The van der Waals surface area contributed by atoms with Gasteiger partial charge in [0, 0.05) is 24.2 Å². The summed E-state index contributed by atoms with van der Waals surface area (Å²) in [6.07, 6.45) is 2.23. The number of hydrogen-bond acceptors (Lipinski definition) is 1. The summed E-state index contributed by atoms with van der Waals surface area (Å²) in [7, 11) is 2.26. The normalized spacial score (nSPS) is 17.6. The maximum atomic E-state index is 2.48.